The molecule has 1 fully saturated rings. The zero-order valence-electron chi connectivity index (χ0n) is 11.6. The summed E-state index contributed by atoms with van der Waals surface area (Å²) in [6.07, 6.45) is 2.64. The summed E-state index contributed by atoms with van der Waals surface area (Å²) in [7, 11) is 0. The van der Waals surface area contributed by atoms with Crippen LogP contribution in [0, 0.1) is 6.92 Å². The summed E-state index contributed by atoms with van der Waals surface area (Å²) in [5.41, 5.74) is 2.39. The highest BCUT2D eigenvalue weighted by atomic mass is 32.1. The molecule has 3 rings (SSSR count). The minimum Gasteiger partial charge on any atom is -0.360 e. The third-order valence-electron chi connectivity index (χ3n) is 3.94. The fraction of sp³-hybridized carbons (Fsp3) is 0.533. The molecule has 4 heteroatoms. The number of benzene rings is 1. The second-order valence-electron chi connectivity index (χ2n) is 5.30. The van der Waals surface area contributed by atoms with E-state index in [1.807, 2.05) is 0 Å². The number of hydrogen-bond donors (Lipinski definition) is 1. The fourth-order valence-corrected chi connectivity index (χ4v) is 3.71. The monoisotopic (exact) mass is 275 g/mol. The number of aryl methyl sites for hydroxylation is 1. The summed E-state index contributed by atoms with van der Waals surface area (Å²) < 4.78 is 1.27. The van der Waals surface area contributed by atoms with E-state index in [4.69, 9.17) is 0 Å². The van der Waals surface area contributed by atoms with E-state index >= 15 is 0 Å². The van der Waals surface area contributed by atoms with Crippen LogP contribution >= 0.6 is 11.3 Å². The smallest absolute Gasteiger partial charge is 0.183 e. The molecule has 2 aromatic rings. The van der Waals surface area contributed by atoms with Gasteiger partial charge in [0.1, 0.15) is 0 Å². The molecule has 102 valence electrons. The molecule has 0 saturated carbocycles. The molecule has 0 bridgehead atoms. The van der Waals surface area contributed by atoms with Gasteiger partial charge in [0.05, 0.1) is 10.2 Å². The second kappa shape index (κ2) is 5.47. The number of likely N-dealkylation sites (N-methyl/N-ethyl adjacent to an activating group) is 1. The molecule has 1 unspecified atom stereocenters. The highest BCUT2D eigenvalue weighted by Gasteiger charge is 2.22. The molecule has 1 N–H and O–H groups in total. The van der Waals surface area contributed by atoms with Crippen molar-refractivity contribution in [2.75, 3.05) is 25.0 Å². The van der Waals surface area contributed by atoms with Crippen molar-refractivity contribution in [3.05, 3.63) is 23.8 Å². The SMILES string of the molecule is CCN1CCCC1CNc1nc2cc(C)ccc2s1. The van der Waals surface area contributed by atoms with Gasteiger partial charge in [-0.2, -0.15) is 0 Å². The third kappa shape index (κ3) is 2.74. The zero-order valence-corrected chi connectivity index (χ0v) is 12.5. The van der Waals surface area contributed by atoms with Gasteiger partial charge < -0.3 is 5.32 Å². The topological polar surface area (TPSA) is 28.2 Å². The van der Waals surface area contributed by atoms with Crippen LogP contribution in [0.4, 0.5) is 5.13 Å². The molecule has 0 aliphatic carbocycles. The standard InChI is InChI=1S/C15H21N3S/c1-3-18-8-4-5-12(18)10-16-15-17-13-9-11(2)6-7-14(13)19-15/h6-7,9,12H,3-5,8,10H2,1-2H3,(H,16,17). The molecule has 1 aliphatic heterocycles. The van der Waals surface area contributed by atoms with Crippen LogP contribution in [0.25, 0.3) is 10.2 Å². The Bertz CT molecular complexity index is 564. The van der Waals surface area contributed by atoms with Crippen molar-refractivity contribution in [3.63, 3.8) is 0 Å². The lowest BCUT2D eigenvalue weighted by Crippen LogP contribution is -2.34. The van der Waals surface area contributed by atoms with Gasteiger partial charge in [0, 0.05) is 12.6 Å². The Morgan fingerprint density at radius 1 is 1.47 bits per heavy atom. The number of nitrogens with one attached hydrogen (secondary N) is 1. The van der Waals surface area contributed by atoms with Crippen molar-refractivity contribution in [2.45, 2.75) is 32.7 Å². The average Bonchev–Trinajstić information content (AvgIpc) is 3.01. The lowest BCUT2D eigenvalue weighted by atomic mass is 10.2. The van der Waals surface area contributed by atoms with E-state index in [1.54, 1.807) is 11.3 Å². The maximum atomic E-state index is 4.67. The first-order valence-corrected chi connectivity index (χ1v) is 7.93. The van der Waals surface area contributed by atoms with Crippen molar-refractivity contribution in [2.24, 2.45) is 0 Å². The number of likely N-dealkylation sites (tertiary alicyclic amines) is 1. The highest BCUT2D eigenvalue weighted by Crippen LogP contribution is 2.27. The highest BCUT2D eigenvalue weighted by molar-refractivity contribution is 7.22. The molecule has 2 heterocycles. The van der Waals surface area contributed by atoms with Gasteiger partial charge in [-0.05, 0) is 50.6 Å². The lowest BCUT2D eigenvalue weighted by Gasteiger charge is -2.22. The Hall–Kier alpha value is -1.13. The molecule has 1 aliphatic rings. The van der Waals surface area contributed by atoms with E-state index in [-0.39, 0.29) is 0 Å². The number of thiazole rings is 1. The molecule has 0 spiro atoms. The van der Waals surface area contributed by atoms with Crippen LogP contribution < -0.4 is 5.32 Å². The first kappa shape index (κ1) is 12.9. The maximum Gasteiger partial charge on any atom is 0.183 e. The quantitative estimate of drug-likeness (QED) is 0.925. The summed E-state index contributed by atoms with van der Waals surface area (Å²) >= 11 is 1.76. The Morgan fingerprint density at radius 3 is 3.21 bits per heavy atom. The summed E-state index contributed by atoms with van der Waals surface area (Å²) in [5, 5.41) is 4.58. The summed E-state index contributed by atoms with van der Waals surface area (Å²) in [5.74, 6) is 0. The molecule has 1 saturated heterocycles. The van der Waals surface area contributed by atoms with Gasteiger partial charge in [-0.1, -0.05) is 24.3 Å². The Labute approximate surface area is 118 Å². The van der Waals surface area contributed by atoms with Crippen molar-refractivity contribution in [3.8, 4) is 0 Å². The van der Waals surface area contributed by atoms with E-state index in [0.29, 0.717) is 6.04 Å². The Balaban J connectivity index is 1.68. The number of aromatic nitrogens is 1. The van der Waals surface area contributed by atoms with Crippen LogP contribution in [0.3, 0.4) is 0 Å². The van der Waals surface area contributed by atoms with Crippen LogP contribution in [0.5, 0.6) is 0 Å². The average molecular weight is 275 g/mol. The maximum absolute atomic E-state index is 4.67. The summed E-state index contributed by atoms with van der Waals surface area (Å²) in [6.45, 7) is 7.79. The number of hydrogen-bond acceptors (Lipinski definition) is 4. The van der Waals surface area contributed by atoms with Crippen molar-refractivity contribution in [1.29, 1.82) is 0 Å². The Morgan fingerprint density at radius 2 is 2.37 bits per heavy atom. The fourth-order valence-electron chi connectivity index (χ4n) is 2.86. The first-order valence-electron chi connectivity index (χ1n) is 7.11. The molecule has 0 amide bonds. The predicted octanol–water partition coefficient (Wildman–Crippen LogP) is 3.50. The van der Waals surface area contributed by atoms with Crippen LogP contribution in [0.15, 0.2) is 18.2 Å². The van der Waals surface area contributed by atoms with Crippen molar-refractivity contribution in [1.82, 2.24) is 9.88 Å². The van der Waals surface area contributed by atoms with Gasteiger partial charge >= 0.3 is 0 Å². The lowest BCUT2D eigenvalue weighted by molar-refractivity contribution is 0.277. The van der Waals surface area contributed by atoms with Crippen molar-refractivity contribution >= 4 is 26.7 Å². The number of fused-ring (bicyclic) bond motifs is 1. The van der Waals surface area contributed by atoms with Crippen LogP contribution in [-0.2, 0) is 0 Å². The molecule has 1 aromatic heterocycles. The molecule has 19 heavy (non-hydrogen) atoms. The van der Waals surface area contributed by atoms with Crippen LogP contribution in [0.2, 0.25) is 0 Å². The molecule has 1 atom stereocenters. The molecule has 3 nitrogen and oxygen atoms in total. The minimum absolute atomic E-state index is 0.679. The largest absolute Gasteiger partial charge is 0.360 e. The third-order valence-corrected chi connectivity index (χ3v) is 4.93. The van der Waals surface area contributed by atoms with Crippen molar-refractivity contribution < 1.29 is 0 Å². The van der Waals surface area contributed by atoms with E-state index in [9.17, 15) is 0 Å². The van der Waals surface area contributed by atoms with Gasteiger partial charge in [0.2, 0.25) is 0 Å². The van der Waals surface area contributed by atoms with E-state index in [0.717, 1.165) is 23.7 Å². The zero-order chi connectivity index (χ0) is 13.2. The Kier molecular flexibility index (Phi) is 3.71. The number of rotatable bonds is 4. The summed E-state index contributed by atoms with van der Waals surface area (Å²) in [6, 6.07) is 7.16. The molecule has 0 radical (unpaired) electrons. The van der Waals surface area contributed by atoms with Crippen LogP contribution in [0.1, 0.15) is 25.3 Å². The molecule has 1 aromatic carbocycles. The minimum atomic E-state index is 0.679. The van der Waals surface area contributed by atoms with Crippen LogP contribution in [-0.4, -0.2) is 35.6 Å². The van der Waals surface area contributed by atoms with Gasteiger partial charge in [0.25, 0.3) is 0 Å². The number of nitrogens with zero attached hydrogens (tertiary/aromatic N) is 2. The number of anilines is 1. The van der Waals surface area contributed by atoms with E-state index in [2.05, 4.69) is 47.2 Å². The summed E-state index contributed by atoms with van der Waals surface area (Å²) in [4.78, 5) is 7.23. The normalized spacial score (nSPS) is 20.2. The second-order valence-corrected chi connectivity index (χ2v) is 6.33. The van der Waals surface area contributed by atoms with Gasteiger partial charge in [-0.15, -0.1) is 0 Å². The molecular weight excluding hydrogens is 254 g/mol. The van der Waals surface area contributed by atoms with Gasteiger partial charge in [-0.25, -0.2) is 4.98 Å². The predicted molar refractivity (Wildman–Crippen MR) is 83.1 cm³/mol. The van der Waals surface area contributed by atoms with E-state index in [1.165, 1.54) is 29.6 Å². The van der Waals surface area contributed by atoms with Gasteiger partial charge in [-0.3, -0.25) is 4.90 Å². The van der Waals surface area contributed by atoms with E-state index < -0.39 is 0 Å². The van der Waals surface area contributed by atoms with Gasteiger partial charge in [0.15, 0.2) is 5.13 Å². The first-order chi connectivity index (χ1) is 9.26. The molecular formula is C15H21N3S.